The Morgan fingerprint density at radius 1 is 1.19 bits per heavy atom. The maximum absolute atomic E-state index is 13.6. The molecular formula is C15H17FN2O2S. The monoisotopic (exact) mass is 308 g/mol. The molecule has 0 amide bonds. The molecule has 2 aromatic rings. The lowest BCUT2D eigenvalue weighted by molar-refractivity contribution is 0.564. The van der Waals surface area contributed by atoms with Gasteiger partial charge in [0.25, 0.3) is 0 Å². The molecule has 0 aromatic heterocycles. The second-order valence-corrected chi connectivity index (χ2v) is 6.64. The van der Waals surface area contributed by atoms with Crippen molar-refractivity contribution in [1.29, 1.82) is 0 Å². The van der Waals surface area contributed by atoms with Crippen LogP contribution in [0.25, 0.3) is 0 Å². The van der Waals surface area contributed by atoms with Crippen LogP contribution in [0.4, 0.5) is 10.1 Å². The molecule has 0 saturated carbocycles. The molecule has 1 unspecified atom stereocenters. The molecule has 112 valence electrons. The van der Waals surface area contributed by atoms with E-state index in [1.807, 2.05) is 0 Å². The third-order valence-electron chi connectivity index (χ3n) is 3.20. The van der Waals surface area contributed by atoms with Crippen LogP contribution in [-0.2, 0) is 10.0 Å². The first-order chi connectivity index (χ1) is 9.79. The number of anilines is 1. The molecule has 2 aromatic carbocycles. The molecular weight excluding hydrogens is 291 g/mol. The molecule has 3 N–H and O–H groups in total. The minimum atomic E-state index is -3.71. The van der Waals surface area contributed by atoms with Crippen molar-refractivity contribution in [3.8, 4) is 0 Å². The summed E-state index contributed by atoms with van der Waals surface area (Å²) in [4.78, 5) is 0.0851. The average molecular weight is 308 g/mol. The summed E-state index contributed by atoms with van der Waals surface area (Å²) in [7, 11) is -3.71. The molecule has 0 heterocycles. The summed E-state index contributed by atoms with van der Waals surface area (Å²) in [5, 5.41) is 0. The van der Waals surface area contributed by atoms with E-state index in [0.717, 1.165) is 0 Å². The highest BCUT2D eigenvalue weighted by Gasteiger charge is 2.19. The Kier molecular flexibility index (Phi) is 4.29. The van der Waals surface area contributed by atoms with E-state index in [4.69, 9.17) is 5.73 Å². The Hall–Kier alpha value is -1.92. The highest BCUT2D eigenvalue weighted by molar-refractivity contribution is 7.89. The van der Waals surface area contributed by atoms with Gasteiger partial charge in [-0.1, -0.05) is 18.2 Å². The van der Waals surface area contributed by atoms with Crippen LogP contribution < -0.4 is 10.5 Å². The predicted molar refractivity (Wildman–Crippen MR) is 80.7 cm³/mol. The maximum atomic E-state index is 13.6. The van der Waals surface area contributed by atoms with Gasteiger partial charge in [-0.3, -0.25) is 0 Å². The summed E-state index contributed by atoms with van der Waals surface area (Å²) in [5.74, 6) is -0.359. The van der Waals surface area contributed by atoms with E-state index in [1.165, 1.54) is 18.2 Å². The van der Waals surface area contributed by atoms with Gasteiger partial charge in [-0.25, -0.2) is 17.5 Å². The summed E-state index contributed by atoms with van der Waals surface area (Å²) >= 11 is 0. The second kappa shape index (κ2) is 5.83. The minimum Gasteiger partial charge on any atom is -0.399 e. The topological polar surface area (TPSA) is 72.2 Å². The molecule has 0 bridgehead atoms. The molecule has 0 radical (unpaired) electrons. The van der Waals surface area contributed by atoms with Crippen molar-refractivity contribution in [2.75, 3.05) is 5.73 Å². The van der Waals surface area contributed by atoms with Crippen LogP contribution in [0.2, 0.25) is 0 Å². The molecule has 1 atom stereocenters. The largest absolute Gasteiger partial charge is 0.399 e. The van der Waals surface area contributed by atoms with Gasteiger partial charge >= 0.3 is 0 Å². The molecule has 0 aliphatic rings. The van der Waals surface area contributed by atoms with Crippen LogP contribution in [0, 0.1) is 12.7 Å². The second-order valence-electron chi connectivity index (χ2n) is 4.92. The Morgan fingerprint density at radius 2 is 1.90 bits per heavy atom. The van der Waals surface area contributed by atoms with Crippen molar-refractivity contribution in [2.24, 2.45) is 0 Å². The third-order valence-corrected chi connectivity index (χ3v) is 4.73. The van der Waals surface area contributed by atoms with Crippen LogP contribution in [0.15, 0.2) is 47.4 Å². The molecule has 21 heavy (non-hydrogen) atoms. The number of rotatable bonds is 4. The first-order valence-electron chi connectivity index (χ1n) is 6.43. The fourth-order valence-corrected chi connectivity index (χ4v) is 3.22. The number of nitrogens with one attached hydrogen (secondary N) is 1. The van der Waals surface area contributed by atoms with Crippen LogP contribution in [0.5, 0.6) is 0 Å². The van der Waals surface area contributed by atoms with Crippen molar-refractivity contribution in [3.05, 3.63) is 59.4 Å². The Labute approximate surface area is 123 Å². The summed E-state index contributed by atoms with van der Waals surface area (Å²) in [6.07, 6.45) is 0. The number of aryl methyl sites for hydroxylation is 1. The van der Waals surface area contributed by atoms with Gasteiger partial charge in [0, 0.05) is 11.7 Å². The highest BCUT2D eigenvalue weighted by Crippen LogP contribution is 2.20. The molecule has 0 saturated heterocycles. The smallest absolute Gasteiger partial charge is 0.241 e. The van der Waals surface area contributed by atoms with Crippen molar-refractivity contribution < 1.29 is 12.8 Å². The van der Waals surface area contributed by atoms with Crippen LogP contribution in [0.1, 0.15) is 24.1 Å². The number of nitrogens with two attached hydrogens (primary N) is 1. The van der Waals surface area contributed by atoms with Crippen LogP contribution >= 0.6 is 0 Å². The first kappa shape index (κ1) is 15.5. The molecule has 0 spiro atoms. The quantitative estimate of drug-likeness (QED) is 0.853. The predicted octanol–water partition coefficient (Wildman–Crippen LogP) is 2.76. The Morgan fingerprint density at radius 3 is 2.52 bits per heavy atom. The van der Waals surface area contributed by atoms with E-state index in [1.54, 1.807) is 38.1 Å². The van der Waals surface area contributed by atoms with Gasteiger partial charge in [-0.2, -0.15) is 0 Å². The number of hydrogen-bond acceptors (Lipinski definition) is 3. The normalized spacial score (nSPS) is 13.1. The van der Waals surface area contributed by atoms with Crippen molar-refractivity contribution in [2.45, 2.75) is 24.8 Å². The number of hydrogen-bond donors (Lipinski definition) is 2. The maximum Gasteiger partial charge on any atom is 0.241 e. The number of sulfonamides is 1. The van der Waals surface area contributed by atoms with Gasteiger partial charge in [-0.05, 0) is 49.2 Å². The van der Waals surface area contributed by atoms with Gasteiger partial charge in [0.15, 0.2) is 0 Å². The van der Waals surface area contributed by atoms with E-state index in [0.29, 0.717) is 16.8 Å². The number of nitrogen functional groups attached to an aromatic ring is 1. The molecule has 4 nitrogen and oxygen atoms in total. The molecule has 0 aliphatic carbocycles. The van der Waals surface area contributed by atoms with E-state index < -0.39 is 16.1 Å². The summed E-state index contributed by atoms with van der Waals surface area (Å²) < 4.78 is 40.6. The third kappa shape index (κ3) is 3.59. The number of benzene rings is 2. The van der Waals surface area contributed by atoms with Crippen molar-refractivity contribution in [3.63, 3.8) is 0 Å². The van der Waals surface area contributed by atoms with Crippen molar-refractivity contribution >= 4 is 15.7 Å². The lowest BCUT2D eigenvalue weighted by Gasteiger charge is -2.15. The van der Waals surface area contributed by atoms with Crippen LogP contribution in [0.3, 0.4) is 0 Å². The lowest BCUT2D eigenvalue weighted by Crippen LogP contribution is -2.27. The van der Waals surface area contributed by atoms with Crippen LogP contribution in [-0.4, -0.2) is 8.42 Å². The van der Waals surface area contributed by atoms with Gasteiger partial charge < -0.3 is 5.73 Å². The van der Waals surface area contributed by atoms with E-state index in [9.17, 15) is 12.8 Å². The average Bonchev–Trinajstić information content (AvgIpc) is 2.41. The Balaban J connectivity index is 2.25. The zero-order chi connectivity index (χ0) is 15.6. The van der Waals surface area contributed by atoms with Gasteiger partial charge in [0.2, 0.25) is 10.0 Å². The van der Waals surface area contributed by atoms with E-state index in [2.05, 4.69) is 4.72 Å². The highest BCUT2D eigenvalue weighted by atomic mass is 32.2. The first-order valence-corrected chi connectivity index (χ1v) is 7.92. The molecule has 0 aliphatic heterocycles. The molecule has 2 rings (SSSR count). The zero-order valence-electron chi connectivity index (χ0n) is 11.8. The fraction of sp³-hybridized carbons (Fsp3) is 0.200. The number of halogens is 1. The fourth-order valence-electron chi connectivity index (χ4n) is 1.93. The van der Waals surface area contributed by atoms with Crippen molar-refractivity contribution in [1.82, 2.24) is 4.72 Å². The molecule has 0 fully saturated rings. The van der Waals surface area contributed by atoms with Gasteiger partial charge in [0.1, 0.15) is 5.82 Å². The lowest BCUT2D eigenvalue weighted by atomic mass is 10.1. The van der Waals surface area contributed by atoms with Gasteiger partial charge in [0.05, 0.1) is 4.90 Å². The molecule has 6 heteroatoms. The summed E-state index contributed by atoms with van der Waals surface area (Å²) in [6, 6.07) is 10.1. The Bertz CT molecular complexity index is 760. The van der Waals surface area contributed by atoms with E-state index in [-0.39, 0.29) is 10.7 Å². The standard InChI is InChI=1S/C15H17FN2O2S/c1-10-6-7-12(8-15(10)16)11(2)18-21(19,20)14-5-3-4-13(17)9-14/h3-9,11,18H,17H2,1-2H3. The van der Waals surface area contributed by atoms with E-state index >= 15 is 0 Å². The zero-order valence-corrected chi connectivity index (χ0v) is 12.6. The van der Waals surface area contributed by atoms with Gasteiger partial charge in [-0.15, -0.1) is 0 Å². The summed E-state index contributed by atoms with van der Waals surface area (Å²) in [5.41, 5.74) is 7.04. The SMILES string of the molecule is Cc1ccc(C(C)NS(=O)(=O)c2cccc(N)c2)cc1F. The minimum absolute atomic E-state index is 0.0851. The summed E-state index contributed by atoms with van der Waals surface area (Å²) in [6.45, 7) is 3.31.